The van der Waals surface area contributed by atoms with E-state index in [4.69, 9.17) is 9.15 Å². The Morgan fingerprint density at radius 2 is 1.96 bits per heavy atom. The zero-order valence-electron chi connectivity index (χ0n) is 14.7. The first-order valence-corrected chi connectivity index (χ1v) is 8.77. The van der Waals surface area contributed by atoms with Crippen molar-refractivity contribution in [3.8, 4) is 5.75 Å². The van der Waals surface area contributed by atoms with Crippen molar-refractivity contribution in [2.75, 3.05) is 17.7 Å². The first-order valence-electron chi connectivity index (χ1n) is 7.98. The van der Waals surface area contributed by atoms with Crippen molar-refractivity contribution in [2.24, 2.45) is 0 Å². The minimum Gasteiger partial charge on any atom is -0.497 e. The Kier molecular flexibility index (Phi) is 5.60. The molecular formula is C18H17BrN4O4. The number of carbonyl (C=O) groups is 2. The monoisotopic (exact) mass is 432 g/mol. The average Bonchev–Trinajstić information content (AvgIpc) is 3.20. The summed E-state index contributed by atoms with van der Waals surface area (Å²) in [7, 11) is 1.58. The molecule has 0 aliphatic carbocycles. The fourth-order valence-electron chi connectivity index (χ4n) is 2.39. The number of nitrogens with one attached hydrogen (secondary N) is 2. The van der Waals surface area contributed by atoms with Gasteiger partial charge in [-0.3, -0.25) is 14.3 Å². The van der Waals surface area contributed by atoms with Crippen LogP contribution in [0.4, 0.5) is 11.4 Å². The molecular weight excluding hydrogens is 416 g/mol. The van der Waals surface area contributed by atoms with E-state index >= 15 is 0 Å². The summed E-state index contributed by atoms with van der Waals surface area (Å²) in [4.78, 5) is 24.3. The number of aryl methyl sites for hydroxylation is 1. The minimum absolute atomic E-state index is 0.00717. The van der Waals surface area contributed by atoms with Gasteiger partial charge in [-0.15, -0.1) is 0 Å². The van der Waals surface area contributed by atoms with Crippen molar-refractivity contribution < 1.29 is 18.7 Å². The number of benzene rings is 1. The van der Waals surface area contributed by atoms with E-state index in [1.54, 1.807) is 50.6 Å². The highest BCUT2D eigenvalue weighted by Gasteiger charge is 2.16. The number of hydrogen-bond acceptors (Lipinski definition) is 5. The largest absolute Gasteiger partial charge is 0.497 e. The van der Waals surface area contributed by atoms with Crippen molar-refractivity contribution in [3.05, 3.63) is 58.7 Å². The summed E-state index contributed by atoms with van der Waals surface area (Å²) < 4.78 is 12.3. The maximum Gasteiger partial charge on any atom is 0.291 e. The Morgan fingerprint density at radius 3 is 2.59 bits per heavy atom. The summed E-state index contributed by atoms with van der Waals surface area (Å²) in [5.41, 5.74) is 1.83. The van der Waals surface area contributed by atoms with Gasteiger partial charge in [0.2, 0.25) is 5.91 Å². The van der Waals surface area contributed by atoms with Gasteiger partial charge in [-0.05, 0) is 53.2 Å². The van der Waals surface area contributed by atoms with Gasteiger partial charge in [-0.1, -0.05) is 0 Å². The van der Waals surface area contributed by atoms with Gasteiger partial charge in [0.15, 0.2) is 10.4 Å². The Morgan fingerprint density at radius 1 is 1.22 bits per heavy atom. The van der Waals surface area contributed by atoms with E-state index in [0.717, 1.165) is 0 Å². The molecule has 0 spiro atoms. The highest BCUT2D eigenvalue weighted by Crippen LogP contribution is 2.20. The van der Waals surface area contributed by atoms with Crippen LogP contribution in [0.25, 0.3) is 0 Å². The lowest BCUT2D eigenvalue weighted by atomic mass is 10.2. The molecule has 0 radical (unpaired) electrons. The Labute approximate surface area is 163 Å². The fourth-order valence-corrected chi connectivity index (χ4v) is 2.90. The van der Waals surface area contributed by atoms with Crippen LogP contribution in [0.2, 0.25) is 0 Å². The number of methoxy groups -OCH3 is 1. The molecule has 1 aromatic carbocycles. The fraction of sp³-hybridized carbons (Fsp3) is 0.167. The van der Waals surface area contributed by atoms with E-state index in [9.17, 15) is 9.59 Å². The van der Waals surface area contributed by atoms with Crippen molar-refractivity contribution in [1.82, 2.24) is 9.78 Å². The number of aromatic nitrogens is 2. The van der Waals surface area contributed by atoms with Crippen LogP contribution in [-0.4, -0.2) is 28.7 Å². The summed E-state index contributed by atoms with van der Waals surface area (Å²) in [6, 6.07) is 8.71. The number of amides is 2. The van der Waals surface area contributed by atoms with Crippen LogP contribution in [0.1, 0.15) is 16.1 Å². The maximum absolute atomic E-state index is 12.2. The summed E-state index contributed by atoms with van der Waals surface area (Å²) in [6.07, 6.45) is 3.03. The van der Waals surface area contributed by atoms with E-state index in [1.807, 2.05) is 0 Å². The van der Waals surface area contributed by atoms with Gasteiger partial charge in [0.25, 0.3) is 5.91 Å². The zero-order valence-corrected chi connectivity index (χ0v) is 16.2. The third kappa shape index (κ3) is 4.76. The maximum atomic E-state index is 12.2. The lowest BCUT2D eigenvalue weighted by Gasteiger charge is -2.06. The van der Waals surface area contributed by atoms with Crippen molar-refractivity contribution in [3.63, 3.8) is 0 Å². The minimum atomic E-state index is -0.388. The molecule has 2 heterocycles. The van der Waals surface area contributed by atoms with Crippen LogP contribution in [0.15, 0.2) is 51.8 Å². The SMILES string of the molecule is COc1ccc(NC(=O)Cn2cc(NC(=O)c3oc(Br)cc3C)cn2)cc1. The first kappa shape index (κ1) is 18.7. The molecule has 2 aromatic heterocycles. The van der Waals surface area contributed by atoms with Crippen molar-refractivity contribution in [2.45, 2.75) is 13.5 Å². The number of furan rings is 1. The summed E-state index contributed by atoms with van der Waals surface area (Å²) in [5.74, 6) is 0.290. The predicted octanol–water partition coefficient (Wildman–Crippen LogP) is 3.45. The van der Waals surface area contributed by atoms with Crippen LogP contribution in [-0.2, 0) is 11.3 Å². The van der Waals surface area contributed by atoms with Gasteiger partial charge in [0, 0.05) is 17.4 Å². The molecule has 9 heteroatoms. The highest BCUT2D eigenvalue weighted by molar-refractivity contribution is 9.10. The van der Waals surface area contributed by atoms with E-state index in [1.165, 1.54) is 10.9 Å². The molecule has 0 saturated heterocycles. The molecule has 27 heavy (non-hydrogen) atoms. The first-order chi connectivity index (χ1) is 12.9. The van der Waals surface area contributed by atoms with Crippen LogP contribution in [0, 0.1) is 6.92 Å². The van der Waals surface area contributed by atoms with Gasteiger partial charge in [0.05, 0.1) is 19.0 Å². The summed E-state index contributed by atoms with van der Waals surface area (Å²) in [5, 5.41) is 9.53. The molecule has 0 saturated carbocycles. The second-order valence-corrected chi connectivity index (χ2v) is 6.50. The Hall–Kier alpha value is -3.07. The lowest BCUT2D eigenvalue weighted by Crippen LogP contribution is -2.19. The van der Waals surface area contributed by atoms with Crippen molar-refractivity contribution in [1.29, 1.82) is 0 Å². The second-order valence-electron chi connectivity index (χ2n) is 5.72. The number of anilines is 2. The van der Waals surface area contributed by atoms with E-state index < -0.39 is 0 Å². The number of halogens is 1. The third-order valence-corrected chi connectivity index (χ3v) is 4.06. The third-order valence-electron chi connectivity index (χ3n) is 3.66. The van der Waals surface area contributed by atoms with Gasteiger partial charge in [-0.25, -0.2) is 0 Å². The van der Waals surface area contributed by atoms with Crippen molar-refractivity contribution >= 4 is 39.1 Å². The number of rotatable bonds is 6. The average molecular weight is 433 g/mol. The molecule has 0 atom stereocenters. The molecule has 3 rings (SSSR count). The highest BCUT2D eigenvalue weighted by atomic mass is 79.9. The topological polar surface area (TPSA) is 98.4 Å². The van der Waals surface area contributed by atoms with E-state index in [0.29, 0.717) is 27.4 Å². The molecule has 3 aromatic rings. The molecule has 8 nitrogen and oxygen atoms in total. The predicted molar refractivity (Wildman–Crippen MR) is 103 cm³/mol. The number of nitrogens with zero attached hydrogens (tertiary/aromatic N) is 2. The van der Waals surface area contributed by atoms with Gasteiger partial charge in [-0.2, -0.15) is 5.10 Å². The Bertz CT molecular complexity index is 962. The molecule has 0 fully saturated rings. The van der Waals surface area contributed by atoms with Gasteiger partial charge >= 0.3 is 0 Å². The summed E-state index contributed by atoms with van der Waals surface area (Å²) >= 11 is 3.19. The Balaban J connectivity index is 1.57. The molecule has 140 valence electrons. The summed E-state index contributed by atoms with van der Waals surface area (Å²) in [6.45, 7) is 1.78. The normalized spacial score (nSPS) is 10.5. The standard InChI is InChI=1S/C18H17BrN4O4/c1-11-7-15(19)27-17(11)18(25)22-13-8-20-23(9-13)10-16(24)21-12-3-5-14(26-2)6-4-12/h3-9H,10H2,1-2H3,(H,21,24)(H,22,25). The molecule has 0 aliphatic heterocycles. The van der Waals surface area contributed by atoms with Crippen LogP contribution in [0.3, 0.4) is 0 Å². The zero-order chi connectivity index (χ0) is 19.4. The van der Waals surface area contributed by atoms with E-state index in [2.05, 4.69) is 31.7 Å². The van der Waals surface area contributed by atoms with Crippen LogP contribution >= 0.6 is 15.9 Å². The van der Waals surface area contributed by atoms with Crippen LogP contribution < -0.4 is 15.4 Å². The molecule has 2 N–H and O–H groups in total. The molecule has 0 unspecified atom stereocenters. The van der Waals surface area contributed by atoms with Gasteiger partial charge in [0.1, 0.15) is 12.3 Å². The van der Waals surface area contributed by atoms with Gasteiger partial charge < -0.3 is 19.8 Å². The second kappa shape index (κ2) is 8.09. The molecule has 0 bridgehead atoms. The van der Waals surface area contributed by atoms with Crippen LogP contribution in [0.5, 0.6) is 5.75 Å². The van der Waals surface area contributed by atoms with E-state index in [-0.39, 0.29) is 24.1 Å². The smallest absolute Gasteiger partial charge is 0.291 e. The number of hydrogen-bond donors (Lipinski definition) is 2. The molecule has 2 amide bonds. The number of ether oxygens (including phenoxy) is 1. The number of carbonyl (C=O) groups excluding carboxylic acids is 2. The molecule has 0 aliphatic rings. The quantitative estimate of drug-likeness (QED) is 0.621. The lowest BCUT2D eigenvalue weighted by molar-refractivity contribution is -0.116.